The SMILES string of the molecule is FC(F)C(F)(F)OCl. The summed E-state index contributed by atoms with van der Waals surface area (Å²) in [5.74, 6) is 0. The predicted molar refractivity (Wildman–Crippen MR) is 17.9 cm³/mol. The van der Waals surface area contributed by atoms with Gasteiger partial charge in [-0.3, -0.25) is 0 Å². The third-order valence-corrected chi connectivity index (χ3v) is 0.563. The second-order valence-electron chi connectivity index (χ2n) is 0.940. The Kier molecular flexibility index (Phi) is 2.49. The summed E-state index contributed by atoms with van der Waals surface area (Å²) in [5, 5.41) is 0. The quantitative estimate of drug-likeness (QED) is 0.550. The Labute approximate surface area is 47.4 Å². The lowest BCUT2D eigenvalue weighted by Crippen LogP contribution is -2.26. The minimum Gasteiger partial charge on any atom is -0.204 e. The van der Waals surface area contributed by atoms with Gasteiger partial charge in [-0.15, -0.1) is 0 Å². The fourth-order valence-electron chi connectivity index (χ4n) is 0.0337. The zero-order valence-corrected chi connectivity index (χ0v) is 4.13. The van der Waals surface area contributed by atoms with E-state index in [1.54, 1.807) is 0 Å². The molecule has 0 aromatic heterocycles. The Morgan fingerprint density at radius 2 is 1.75 bits per heavy atom. The van der Waals surface area contributed by atoms with Crippen LogP contribution in [0, 0.1) is 0 Å². The van der Waals surface area contributed by atoms with Crippen molar-refractivity contribution in [3.63, 3.8) is 0 Å². The van der Waals surface area contributed by atoms with Crippen LogP contribution in [0.4, 0.5) is 17.6 Å². The Balaban J connectivity index is 3.71. The van der Waals surface area contributed by atoms with Gasteiger partial charge in [-0.1, -0.05) is 0 Å². The van der Waals surface area contributed by atoms with E-state index in [-0.39, 0.29) is 0 Å². The van der Waals surface area contributed by atoms with Crippen LogP contribution in [0.25, 0.3) is 0 Å². The molecule has 0 rings (SSSR count). The Bertz CT molecular complexity index is 74.4. The molecule has 50 valence electrons. The van der Waals surface area contributed by atoms with Crippen LogP contribution in [-0.2, 0) is 4.29 Å². The molecule has 1 nitrogen and oxygen atoms in total. The predicted octanol–water partition coefficient (Wildman–Crippen LogP) is 2.01. The van der Waals surface area contributed by atoms with Gasteiger partial charge in [0.05, 0.1) is 11.9 Å². The van der Waals surface area contributed by atoms with Crippen LogP contribution < -0.4 is 0 Å². The van der Waals surface area contributed by atoms with Crippen molar-refractivity contribution in [2.75, 3.05) is 0 Å². The van der Waals surface area contributed by atoms with Crippen LogP contribution in [0.15, 0.2) is 0 Å². The number of rotatable bonds is 2. The van der Waals surface area contributed by atoms with Crippen LogP contribution in [0.3, 0.4) is 0 Å². The highest BCUT2D eigenvalue weighted by atomic mass is 35.5. The van der Waals surface area contributed by atoms with Crippen molar-refractivity contribution in [2.24, 2.45) is 0 Å². The molecule has 8 heavy (non-hydrogen) atoms. The molecule has 0 unspecified atom stereocenters. The average Bonchev–Trinajstić information content (AvgIpc) is 1.67. The van der Waals surface area contributed by atoms with Crippen molar-refractivity contribution >= 4 is 11.9 Å². The summed E-state index contributed by atoms with van der Waals surface area (Å²) in [6, 6.07) is 0. The lowest BCUT2D eigenvalue weighted by atomic mass is 10.7. The molecule has 0 spiro atoms. The van der Waals surface area contributed by atoms with E-state index in [4.69, 9.17) is 0 Å². The van der Waals surface area contributed by atoms with E-state index in [0.717, 1.165) is 0 Å². The van der Waals surface area contributed by atoms with Gasteiger partial charge in [0.15, 0.2) is 0 Å². The number of alkyl halides is 4. The van der Waals surface area contributed by atoms with E-state index >= 15 is 0 Å². The van der Waals surface area contributed by atoms with Crippen molar-refractivity contribution in [1.29, 1.82) is 0 Å². The molecule has 0 aliphatic rings. The largest absolute Gasteiger partial charge is 0.431 e. The zero-order chi connectivity index (χ0) is 6.78. The molecule has 0 aliphatic heterocycles. The van der Waals surface area contributed by atoms with Gasteiger partial charge in [0.2, 0.25) is 0 Å². The van der Waals surface area contributed by atoms with Crippen LogP contribution in [0.1, 0.15) is 0 Å². The third-order valence-electron chi connectivity index (χ3n) is 0.357. The van der Waals surface area contributed by atoms with Crippen molar-refractivity contribution in [2.45, 2.75) is 12.5 Å². The number of hydrogen-bond donors (Lipinski definition) is 0. The second kappa shape index (κ2) is 2.50. The van der Waals surface area contributed by atoms with E-state index in [9.17, 15) is 17.6 Å². The summed E-state index contributed by atoms with van der Waals surface area (Å²) in [7, 11) is 0. The van der Waals surface area contributed by atoms with Crippen LogP contribution in [-0.4, -0.2) is 12.5 Å². The Hall–Kier alpha value is -0.0300. The van der Waals surface area contributed by atoms with Crippen molar-refractivity contribution in [3.05, 3.63) is 0 Å². The average molecular weight is 152 g/mol. The molecule has 0 aromatic carbocycles. The topological polar surface area (TPSA) is 9.23 Å². The molecule has 0 radical (unpaired) electrons. The molecule has 0 fully saturated rings. The van der Waals surface area contributed by atoms with E-state index < -0.39 is 12.5 Å². The molecule has 0 N–H and O–H groups in total. The molecule has 0 amide bonds. The fraction of sp³-hybridized carbons (Fsp3) is 1.00. The first-order chi connectivity index (χ1) is 3.50. The minimum absolute atomic E-state index is 2.59. The normalized spacial score (nSPS) is 12.8. The van der Waals surface area contributed by atoms with E-state index in [0.29, 0.717) is 0 Å². The van der Waals surface area contributed by atoms with Crippen LogP contribution in [0.2, 0.25) is 0 Å². The summed E-state index contributed by atoms with van der Waals surface area (Å²) < 4.78 is 46.6. The maximum absolute atomic E-state index is 11.2. The highest BCUT2D eigenvalue weighted by Crippen LogP contribution is 2.24. The maximum Gasteiger partial charge on any atom is 0.431 e. The highest BCUT2D eigenvalue weighted by molar-refractivity contribution is 6.07. The molecular formula is C2HClF4O. The first-order valence-corrected chi connectivity index (χ1v) is 1.77. The minimum atomic E-state index is -4.53. The number of halogens is 5. The van der Waals surface area contributed by atoms with Gasteiger partial charge in [0, 0.05) is 0 Å². The molecule has 0 aromatic rings. The molecule has 0 saturated heterocycles. The fourth-order valence-corrected chi connectivity index (χ4v) is 0.101. The molecule has 0 bridgehead atoms. The summed E-state index contributed by atoms with van der Waals surface area (Å²) in [5.41, 5.74) is 0. The van der Waals surface area contributed by atoms with E-state index in [1.807, 2.05) is 0 Å². The summed E-state index contributed by atoms with van der Waals surface area (Å²) in [4.78, 5) is 0. The van der Waals surface area contributed by atoms with E-state index in [2.05, 4.69) is 16.2 Å². The summed E-state index contributed by atoms with van der Waals surface area (Å²) >= 11 is 3.96. The van der Waals surface area contributed by atoms with Gasteiger partial charge in [-0.25, -0.2) is 13.1 Å². The third kappa shape index (κ3) is 1.83. The molecule has 0 atom stereocenters. The zero-order valence-electron chi connectivity index (χ0n) is 3.38. The molecule has 0 saturated carbocycles. The van der Waals surface area contributed by atoms with Gasteiger partial charge in [0.25, 0.3) is 0 Å². The summed E-state index contributed by atoms with van der Waals surface area (Å²) in [6.45, 7) is 0. The van der Waals surface area contributed by atoms with Gasteiger partial charge >= 0.3 is 12.5 Å². The number of hydrogen-bond acceptors (Lipinski definition) is 1. The second-order valence-corrected chi connectivity index (χ2v) is 1.09. The smallest absolute Gasteiger partial charge is 0.204 e. The van der Waals surface area contributed by atoms with Gasteiger partial charge in [0.1, 0.15) is 0 Å². The highest BCUT2D eigenvalue weighted by Gasteiger charge is 2.42. The van der Waals surface area contributed by atoms with Crippen LogP contribution >= 0.6 is 11.9 Å². The standard InChI is InChI=1S/C2HClF4O/c3-8-2(6,7)1(4)5/h1H. The molecule has 0 heterocycles. The maximum atomic E-state index is 11.2. The van der Waals surface area contributed by atoms with Gasteiger partial charge in [-0.2, -0.15) is 8.78 Å². The lowest BCUT2D eigenvalue weighted by Gasteiger charge is -2.07. The van der Waals surface area contributed by atoms with Crippen molar-refractivity contribution in [3.8, 4) is 0 Å². The summed E-state index contributed by atoms with van der Waals surface area (Å²) in [6.07, 6.45) is -8.40. The van der Waals surface area contributed by atoms with Crippen LogP contribution in [0.5, 0.6) is 0 Å². The van der Waals surface area contributed by atoms with Gasteiger partial charge < -0.3 is 0 Å². The molecule has 0 aliphatic carbocycles. The lowest BCUT2D eigenvalue weighted by molar-refractivity contribution is -0.251. The molecular weight excluding hydrogens is 151 g/mol. The monoisotopic (exact) mass is 152 g/mol. The van der Waals surface area contributed by atoms with Crippen molar-refractivity contribution in [1.82, 2.24) is 0 Å². The Morgan fingerprint density at radius 1 is 1.38 bits per heavy atom. The molecule has 6 heteroatoms. The Morgan fingerprint density at radius 3 is 1.75 bits per heavy atom. The van der Waals surface area contributed by atoms with Crippen molar-refractivity contribution < 1.29 is 21.9 Å². The van der Waals surface area contributed by atoms with E-state index in [1.165, 1.54) is 0 Å². The van der Waals surface area contributed by atoms with Gasteiger partial charge in [-0.05, 0) is 0 Å². The first-order valence-electron chi connectivity index (χ1n) is 1.46. The first kappa shape index (κ1) is 7.97.